The molecule has 0 spiro atoms. The highest BCUT2D eigenvalue weighted by Gasteiger charge is 2.17. The Kier molecular flexibility index (Phi) is 17.0. The first-order valence-electron chi connectivity index (χ1n) is 14.6. The summed E-state index contributed by atoms with van der Waals surface area (Å²) in [6.07, 6.45) is 0. The van der Waals surface area contributed by atoms with Gasteiger partial charge in [-0.2, -0.15) is 0 Å². The van der Waals surface area contributed by atoms with Gasteiger partial charge in [-0.3, -0.25) is 0 Å². The summed E-state index contributed by atoms with van der Waals surface area (Å²) in [5.41, 5.74) is 6.48. The molecule has 0 unspecified atom stereocenters. The second-order valence-electron chi connectivity index (χ2n) is 9.00. The molecule has 0 fully saturated rings. The van der Waals surface area contributed by atoms with E-state index in [0.29, 0.717) is 26.4 Å². The van der Waals surface area contributed by atoms with E-state index in [-0.39, 0.29) is 0 Å². The van der Waals surface area contributed by atoms with Gasteiger partial charge in [0.25, 0.3) is 0 Å². The molecule has 0 aliphatic heterocycles. The minimum atomic E-state index is 0.607. The smallest absolute Gasteiger partial charge is 0.119 e. The second kappa shape index (κ2) is 20.7. The minimum Gasteiger partial charge on any atom is -0.493 e. The average molecular weight is 854 g/mol. The molecular formula is C36H38Br4O4. The van der Waals surface area contributed by atoms with Crippen molar-refractivity contribution in [1.82, 2.24) is 0 Å². The van der Waals surface area contributed by atoms with Crippen LogP contribution in [0.3, 0.4) is 0 Å². The molecule has 0 aliphatic rings. The molecule has 0 aromatic heterocycles. The van der Waals surface area contributed by atoms with Gasteiger partial charge in [0, 0.05) is 21.3 Å². The van der Waals surface area contributed by atoms with Gasteiger partial charge in [-0.25, -0.2) is 0 Å². The Bertz CT molecular complexity index is 1170. The molecule has 0 heterocycles. The maximum absolute atomic E-state index is 5.85. The maximum Gasteiger partial charge on any atom is 0.119 e. The third-order valence-electron chi connectivity index (χ3n) is 6.21. The van der Waals surface area contributed by atoms with Gasteiger partial charge in [0.15, 0.2) is 0 Å². The van der Waals surface area contributed by atoms with Crippen molar-refractivity contribution in [1.29, 1.82) is 0 Å². The number of rotatable bonds is 16. The van der Waals surface area contributed by atoms with E-state index in [1.54, 1.807) is 0 Å². The summed E-state index contributed by atoms with van der Waals surface area (Å²) in [6.45, 7) is 6.43. The number of benzene rings is 4. The Balaban J connectivity index is 0.00000259. The Morgan fingerprint density at radius 3 is 0.705 bits per heavy atom. The van der Waals surface area contributed by atoms with Crippen LogP contribution in [0.15, 0.2) is 97.1 Å². The van der Waals surface area contributed by atoms with E-state index in [1.165, 1.54) is 0 Å². The summed E-state index contributed by atoms with van der Waals surface area (Å²) in [5.74, 6) is 3.33. The fourth-order valence-corrected chi connectivity index (χ4v) is 5.06. The second-order valence-corrected chi connectivity index (χ2v) is 12.2. The van der Waals surface area contributed by atoms with Gasteiger partial charge in [-0.1, -0.05) is 126 Å². The zero-order chi connectivity index (χ0) is 31.6. The van der Waals surface area contributed by atoms with Crippen molar-refractivity contribution in [2.45, 2.75) is 13.8 Å². The normalized spacial score (nSPS) is 10.3. The molecule has 234 valence electrons. The van der Waals surface area contributed by atoms with Gasteiger partial charge in [-0.15, -0.1) is 0 Å². The zero-order valence-electron chi connectivity index (χ0n) is 25.0. The van der Waals surface area contributed by atoms with Crippen LogP contribution < -0.4 is 18.9 Å². The molecule has 4 aromatic rings. The van der Waals surface area contributed by atoms with E-state index in [0.717, 1.165) is 77.7 Å². The van der Waals surface area contributed by atoms with Crippen LogP contribution in [0.5, 0.6) is 23.0 Å². The summed E-state index contributed by atoms with van der Waals surface area (Å²) in [7, 11) is 0. The Labute approximate surface area is 295 Å². The summed E-state index contributed by atoms with van der Waals surface area (Å²) in [4.78, 5) is 0. The first-order chi connectivity index (χ1) is 21.7. The highest BCUT2D eigenvalue weighted by Crippen LogP contribution is 2.39. The Morgan fingerprint density at radius 2 is 0.545 bits per heavy atom. The van der Waals surface area contributed by atoms with Gasteiger partial charge >= 0.3 is 0 Å². The van der Waals surface area contributed by atoms with E-state index < -0.39 is 0 Å². The molecule has 8 heteroatoms. The fraction of sp³-hybridized carbons (Fsp3) is 0.278. The van der Waals surface area contributed by atoms with Crippen molar-refractivity contribution in [3.05, 3.63) is 119 Å². The lowest BCUT2D eigenvalue weighted by molar-refractivity contribution is 0.345. The van der Waals surface area contributed by atoms with E-state index in [2.05, 4.69) is 112 Å². The van der Waals surface area contributed by atoms with Crippen LogP contribution in [0.4, 0.5) is 0 Å². The zero-order valence-corrected chi connectivity index (χ0v) is 31.4. The van der Waals surface area contributed by atoms with E-state index in [1.807, 2.05) is 62.4 Å². The van der Waals surface area contributed by atoms with Crippen LogP contribution in [0.25, 0.3) is 11.1 Å². The van der Waals surface area contributed by atoms with E-state index in [9.17, 15) is 0 Å². The van der Waals surface area contributed by atoms with Crippen LogP contribution in [-0.2, 0) is 0 Å². The maximum atomic E-state index is 5.85. The average Bonchev–Trinajstić information content (AvgIpc) is 3.09. The molecule has 4 rings (SSSR count). The van der Waals surface area contributed by atoms with Crippen molar-refractivity contribution in [3.63, 3.8) is 0 Å². The van der Waals surface area contributed by atoms with Crippen molar-refractivity contribution >= 4 is 74.9 Å². The molecule has 0 N–H and O–H groups in total. The molecule has 4 aromatic carbocycles. The van der Waals surface area contributed by atoms with Gasteiger partial charge in [0.1, 0.15) is 23.0 Å². The number of hydrogen-bond acceptors (Lipinski definition) is 4. The lowest BCUT2D eigenvalue weighted by Crippen LogP contribution is -2.01. The minimum absolute atomic E-state index is 0.607. The fourth-order valence-electron chi connectivity index (χ4n) is 4.41. The highest BCUT2D eigenvalue weighted by molar-refractivity contribution is 9.09. The Hall–Kier alpha value is -2.26. The van der Waals surface area contributed by atoms with Gasteiger partial charge < -0.3 is 18.9 Å². The van der Waals surface area contributed by atoms with Crippen molar-refractivity contribution in [3.8, 4) is 23.0 Å². The van der Waals surface area contributed by atoms with Crippen molar-refractivity contribution < 1.29 is 18.9 Å². The number of hydrogen-bond donors (Lipinski definition) is 0. The number of halogens is 4. The van der Waals surface area contributed by atoms with Crippen molar-refractivity contribution in [2.24, 2.45) is 0 Å². The predicted octanol–water partition coefficient (Wildman–Crippen LogP) is 10.8. The summed E-state index contributed by atoms with van der Waals surface area (Å²) in [6, 6.07) is 33.2. The third-order valence-corrected chi connectivity index (χ3v) is 7.50. The van der Waals surface area contributed by atoms with Gasteiger partial charge in [-0.05, 0) is 81.9 Å². The van der Waals surface area contributed by atoms with E-state index in [4.69, 9.17) is 18.9 Å². The largest absolute Gasteiger partial charge is 0.493 e. The van der Waals surface area contributed by atoms with Gasteiger partial charge in [0.2, 0.25) is 0 Å². The van der Waals surface area contributed by atoms with Crippen LogP contribution in [0.2, 0.25) is 0 Å². The number of ether oxygens (including phenoxy) is 4. The topological polar surface area (TPSA) is 36.9 Å². The van der Waals surface area contributed by atoms with Crippen molar-refractivity contribution in [2.75, 3.05) is 47.7 Å². The van der Waals surface area contributed by atoms with Crippen LogP contribution in [0.1, 0.15) is 36.1 Å². The molecule has 0 atom stereocenters. The van der Waals surface area contributed by atoms with E-state index >= 15 is 0 Å². The lowest BCUT2D eigenvalue weighted by atomic mass is 9.85. The molecule has 4 nitrogen and oxygen atoms in total. The molecule has 0 aliphatic carbocycles. The van der Waals surface area contributed by atoms with Crippen LogP contribution in [0, 0.1) is 0 Å². The molecule has 0 saturated heterocycles. The lowest BCUT2D eigenvalue weighted by Gasteiger charge is -2.19. The summed E-state index contributed by atoms with van der Waals surface area (Å²) >= 11 is 13.7. The van der Waals surface area contributed by atoms with Gasteiger partial charge in [0.05, 0.1) is 26.4 Å². The quantitative estimate of drug-likeness (QED) is 0.0831. The monoisotopic (exact) mass is 850 g/mol. The highest BCUT2D eigenvalue weighted by atomic mass is 79.9. The standard InChI is InChI=1S/C34H32Br4O4.C2H6/c35-17-21-39-29-9-1-25(2-10-29)33(26-3-11-30(12-4-26)40-22-18-36)34(27-5-13-31(14-6-27)41-23-19-37)28-7-15-32(16-8-28)42-24-20-38;1-2/h1-16H,17-24H2;1-2H3. The van der Waals surface area contributed by atoms with Crippen LogP contribution in [-0.4, -0.2) is 47.7 Å². The summed E-state index contributed by atoms with van der Waals surface area (Å²) < 4.78 is 23.4. The summed E-state index contributed by atoms with van der Waals surface area (Å²) in [5, 5.41) is 3.10. The first-order valence-corrected chi connectivity index (χ1v) is 19.1. The number of alkyl halides is 4. The molecule has 44 heavy (non-hydrogen) atoms. The first kappa shape index (κ1) is 36.2. The van der Waals surface area contributed by atoms with Crippen LogP contribution >= 0.6 is 63.7 Å². The molecule has 0 saturated carbocycles. The molecule has 0 amide bonds. The molecule has 0 bridgehead atoms. The predicted molar refractivity (Wildman–Crippen MR) is 199 cm³/mol. The SMILES string of the molecule is BrCCOc1ccc(C(=C(c2ccc(OCCBr)cc2)c2ccc(OCCBr)cc2)c2ccc(OCCBr)cc2)cc1.CC. The Morgan fingerprint density at radius 1 is 0.364 bits per heavy atom. The molecular weight excluding hydrogens is 816 g/mol. The third kappa shape index (κ3) is 11.0. The molecule has 0 radical (unpaired) electrons.